The molecule has 0 atom stereocenters. The molecule has 6 rings (SSSR count). The number of esters is 1. The van der Waals surface area contributed by atoms with Crippen LogP contribution < -0.4 is 5.63 Å². The van der Waals surface area contributed by atoms with Gasteiger partial charge in [-0.05, 0) is 41.8 Å². The zero-order valence-corrected chi connectivity index (χ0v) is 20.7. The van der Waals surface area contributed by atoms with Crippen LogP contribution in [0.2, 0.25) is 0 Å². The van der Waals surface area contributed by atoms with E-state index in [1.807, 2.05) is 85.8 Å². The van der Waals surface area contributed by atoms with E-state index in [1.54, 1.807) is 12.1 Å². The average molecular weight is 498 g/mol. The van der Waals surface area contributed by atoms with E-state index < -0.39 is 11.6 Å². The summed E-state index contributed by atoms with van der Waals surface area (Å²) in [5.74, 6) is -0.487. The third-order valence-electron chi connectivity index (χ3n) is 6.57. The molecule has 0 N–H and O–H groups in total. The summed E-state index contributed by atoms with van der Waals surface area (Å²) in [6.45, 7) is 1.87. The number of rotatable bonds is 5. The van der Waals surface area contributed by atoms with E-state index in [9.17, 15) is 9.59 Å². The number of pyridine rings is 1. The number of ether oxygens (including phenoxy) is 1. The zero-order valence-electron chi connectivity index (χ0n) is 20.7. The van der Waals surface area contributed by atoms with Gasteiger partial charge in [0.25, 0.3) is 0 Å². The lowest BCUT2D eigenvalue weighted by Gasteiger charge is -2.11. The first-order chi connectivity index (χ1) is 18.5. The van der Waals surface area contributed by atoms with Gasteiger partial charge in [-0.15, -0.1) is 0 Å². The molecule has 0 aliphatic heterocycles. The van der Waals surface area contributed by atoms with Gasteiger partial charge in [-0.2, -0.15) is 0 Å². The van der Waals surface area contributed by atoms with Gasteiger partial charge < -0.3 is 9.15 Å². The normalized spacial score (nSPS) is 11.1. The van der Waals surface area contributed by atoms with Gasteiger partial charge in [-0.3, -0.25) is 0 Å². The number of carbonyl (C=O) groups excluding carboxylic acids is 1. The zero-order chi connectivity index (χ0) is 26.1. The van der Waals surface area contributed by atoms with Gasteiger partial charge in [0.1, 0.15) is 12.2 Å². The second-order valence-electron chi connectivity index (χ2n) is 9.18. The largest absolute Gasteiger partial charge is 0.457 e. The van der Waals surface area contributed by atoms with Crippen molar-refractivity contribution in [2.75, 3.05) is 0 Å². The predicted octanol–water partition coefficient (Wildman–Crippen LogP) is 7.34. The van der Waals surface area contributed by atoms with Gasteiger partial charge in [0, 0.05) is 28.0 Å². The van der Waals surface area contributed by atoms with Crippen molar-refractivity contribution < 1.29 is 13.9 Å². The fourth-order valence-electron chi connectivity index (χ4n) is 4.63. The van der Waals surface area contributed by atoms with Crippen molar-refractivity contribution in [1.29, 1.82) is 0 Å². The van der Waals surface area contributed by atoms with Crippen molar-refractivity contribution in [3.63, 3.8) is 0 Å². The molecule has 2 heterocycles. The lowest BCUT2D eigenvalue weighted by atomic mass is 10.0. The van der Waals surface area contributed by atoms with Crippen LogP contribution in [0.5, 0.6) is 0 Å². The van der Waals surface area contributed by atoms with Gasteiger partial charge >= 0.3 is 11.6 Å². The monoisotopic (exact) mass is 497 g/mol. The second kappa shape index (κ2) is 9.79. The summed E-state index contributed by atoms with van der Waals surface area (Å²) in [6.07, 6.45) is 0. The molecule has 0 spiro atoms. The Morgan fingerprint density at radius 2 is 1.47 bits per heavy atom. The molecule has 0 bridgehead atoms. The summed E-state index contributed by atoms with van der Waals surface area (Å²) in [4.78, 5) is 30.3. The highest BCUT2D eigenvalue weighted by Gasteiger charge is 2.17. The van der Waals surface area contributed by atoms with E-state index >= 15 is 0 Å². The second-order valence-corrected chi connectivity index (χ2v) is 9.18. The molecule has 184 valence electrons. The smallest absolute Gasteiger partial charge is 0.339 e. The standard InChI is InChI=1S/C33H23NO4/c1-21-11-16-26-25(18-32(35)38-31(26)17-21)20-37-33(36)28-19-30(34-29-10-6-5-9-27(28)29)24-14-12-23(13-15-24)22-7-3-2-4-8-22/h2-19H,20H2,1H3. The van der Waals surface area contributed by atoms with E-state index in [1.165, 1.54) is 6.07 Å². The molecule has 5 nitrogen and oxygen atoms in total. The molecule has 0 radical (unpaired) electrons. The van der Waals surface area contributed by atoms with Gasteiger partial charge in [0.2, 0.25) is 0 Å². The first-order valence-electron chi connectivity index (χ1n) is 12.3. The highest BCUT2D eigenvalue weighted by Crippen LogP contribution is 2.28. The Kier molecular flexibility index (Phi) is 6.02. The third kappa shape index (κ3) is 4.58. The molecule has 4 aromatic carbocycles. The summed E-state index contributed by atoms with van der Waals surface area (Å²) in [7, 11) is 0. The fraction of sp³-hybridized carbons (Fsp3) is 0.0606. The summed E-state index contributed by atoms with van der Waals surface area (Å²) in [5.41, 5.74) is 6.48. The Balaban J connectivity index is 1.34. The number of carbonyl (C=O) groups is 1. The highest BCUT2D eigenvalue weighted by molar-refractivity contribution is 6.04. The molecule has 0 amide bonds. The summed E-state index contributed by atoms with van der Waals surface area (Å²) < 4.78 is 11.1. The van der Waals surface area contributed by atoms with Crippen LogP contribution in [-0.4, -0.2) is 11.0 Å². The maximum atomic E-state index is 13.4. The number of aryl methyl sites for hydroxylation is 1. The predicted molar refractivity (Wildman–Crippen MR) is 149 cm³/mol. The number of para-hydroxylation sites is 1. The first kappa shape index (κ1) is 23.4. The summed E-state index contributed by atoms with van der Waals surface area (Å²) >= 11 is 0. The lowest BCUT2D eigenvalue weighted by Crippen LogP contribution is -2.09. The van der Waals surface area contributed by atoms with E-state index in [4.69, 9.17) is 14.1 Å². The van der Waals surface area contributed by atoms with Crippen LogP contribution in [0.15, 0.2) is 118 Å². The maximum absolute atomic E-state index is 13.4. The van der Waals surface area contributed by atoms with Crippen LogP contribution in [0.4, 0.5) is 0 Å². The molecule has 6 aromatic rings. The summed E-state index contributed by atoms with van der Waals surface area (Å²) in [5, 5.41) is 1.44. The molecule has 5 heteroatoms. The molecule has 0 saturated heterocycles. The van der Waals surface area contributed by atoms with Gasteiger partial charge in [0.15, 0.2) is 0 Å². The number of nitrogens with zero attached hydrogens (tertiary/aromatic N) is 1. The van der Waals surface area contributed by atoms with Crippen LogP contribution in [0.3, 0.4) is 0 Å². The van der Waals surface area contributed by atoms with Crippen LogP contribution in [0.25, 0.3) is 44.3 Å². The van der Waals surface area contributed by atoms with Crippen LogP contribution >= 0.6 is 0 Å². The van der Waals surface area contributed by atoms with Crippen molar-refractivity contribution in [2.24, 2.45) is 0 Å². The topological polar surface area (TPSA) is 69.4 Å². The highest BCUT2D eigenvalue weighted by atomic mass is 16.5. The van der Waals surface area contributed by atoms with E-state index in [0.29, 0.717) is 33.3 Å². The Labute approximate surface area is 219 Å². The van der Waals surface area contributed by atoms with Gasteiger partial charge in [-0.1, -0.05) is 84.9 Å². The quantitative estimate of drug-likeness (QED) is 0.184. The van der Waals surface area contributed by atoms with Gasteiger partial charge in [0.05, 0.1) is 16.8 Å². The summed E-state index contributed by atoms with van der Waals surface area (Å²) in [6, 6.07) is 34.5. The van der Waals surface area contributed by atoms with Crippen molar-refractivity contribution >= 4 is 27.8 Å². The number of hydrogen-bond donors (Lipinski definition) is 0. The molecule has 38 heavy (non-hydrogen) atoms. The van der Waals surface area contributed by atoms with Crippen molar-refractivity contribution in [3.05, 3.63) is 136 Å². The van der Waals surface area contributed by atoms with E-state index in [0.717, 1.165) is 27.6 Å². The van der Waals surface area contributed by atoms with Crippen LogP contribution in [-0.2, 0) is 11.3 Å². The molecule has 0 saturated carbocycles. The van der Waals surface area contributed by atoms with Crippen LogP contribution in [0.1, 0.15) is 21.5 Å². The number of fused-ring (bicyclic) bond motifs is 2. The van der Waals surface area contributed by atoms with E-state index in [-0.39, 0.29) is 6.61 Å². The molecule has 2 aromatic heterocycles. The van der Waals surface area contributed by atoms with Crippen molar-refractivity contribution in [1.82, 2.24) is 4.98 Å². The van der Waals surface area contributed by atoms with E-state index in [2.05, 4.69) is 12.1 Å². The number of benzene rings is 4. The van der Waals surface area contributed by atoms with Gasteiger partial charge in [-0.25, -0.2) is 14.6 Å². The van der Waals surface area contributed by atoms with Crippen molar-refractivity contribution in [3.8, 4) is 22.4 Å². The SMILES string of the molecule is Cc1ccc2c(COC(=O)c3cc(-c4ccc(-c5ccccc5)cc4)nc4ccccc34)cc(=O)oc2c1. The fourth-order valence-corrected chi connectivity index (χ4v) is 4.63. The Bertz CT molecular complexity index is 1860. The molecular formula is C33H23NO4. The molecule has 0 unspecified atom stereocenters. The maximum Gasteiger partial charge on any atom is 0.339 e. The first-order valence-corrected chi connectivity index (χ1v) is 12.3. The molecular weight excluding hydrogens is 474 g/mol. The Hall–Kier alpha value is -5.03. The minimum absolute atomic E-state index is 0.0538. The number of aromatic nitrogens is 1. The Morgan fingerprint density at radius 1 is 0.763 bits per heavy atom. The van der Waals surface area contributed by atoms with Crippen LogP contribution in [0, 0.1) is 6.92 Å². The molecule has 0 aliphatic rings. The molecule has 0 fully saturated rings. The third-order valence-corrected chi connectivity index (χ3v) is 6.57. The molecule has 0 aliphatic carbocycles. The number of hydrogen-bond acceptors (Lipinski definition) is 5. The minimum atomic E-state index is -0.487. The Morgan fingerprint density at radius 3 is 2.29 bits per heavy atom. The lowest BCUT2D eigenvalue weighted by molar-refractivity contribution is 0.0476. The van der Waals surface area contributed by atoms with Crippen molar-refractivity contribution in [2.45, 2.75) is 13.5 Å². The average Bonchev–Trinajstić information content (AvgIpc) is 2.95. The minimum Gasteiger partial charge on any atom is -0.457 e.